The Morgan fingerprint density at radius 2 is 2.17 bits per heavy atom. The van der Waals surface area contributed by atoms with Gasteiger partial charge in [0.15, 0.2) is 0 Å². The molecular formula is C14H21NO2S. The second kappa shape index (κ2) is 6.81. The number of rotatable bonds is 6. The van der Waals surface area contributed by atoms with Gasteiger partial charge in [-0.15, -0.1) is 12.6 Å². The fraction of sp³-hybridized carbons (Fsp3) is 0.500. The van der Waals surface area contributed by atoms with E-state index in [-0.39, 0.29) is 11.3 Å². The normalized spacial score (nSPS) is 11.3. The number of nitrogens with one attached hydrogen (secondary N) is 1. The second-order valence-electron chi connectivity index (χ2n) is 5.14. The molecule has 0 aliphatic carbocycles. The first-order chi connectivity index (χ1) is 8.44. The first-order valence-corrected chi connectivity index (χ1v) is 6.45. The van der Waals surface area contributed by atoms with E-state index in [1.54, 1.807) is 19.2 Å². The van der Waals surface area contributed by atoms with Crippen molar-refractivity contribution in [2.75, 3.05) is 20.3 Å². The van der Waals surface area contributed by atoms with E-state index in [2.05, 4.69) is 31.8 Å². The summed E-state index contributed by atoms with van der Waals surface area (Å²) >= 11 is 4.22. The third kappa shape index (κ3) is 5.10. The third-order valence-corrected chi connectivity index (χ3v) is 3.10. The lowest BCUT2D eigenvalue weighted by Gasteiger charge is -2.24. The summed E-state index contributed by atoms with van der Waals surface area (Å²) in [6.45, 7) is 5.56. The van der Waals surface area contributed by atoms with Gasteiger partial charge in [0.05, 0.1) is 0 Å². The molecule has 0 unspecified atom stereocenters. The van der Waals surface area contributed by atoms with Crippen LogP contribution < -0.4 is 5.32 Å². The van der Waals surface area contributed by atoms with Gasteiger partial charge in [-0.3, -0.25) is 4.79 Å². The van der Waals surface area contributed by atoms with Crippen molar-refractivity contribution in [2.24, 2.45) is 5.41 Å². The maximum Gasteiger partial charge on any atom is 0.251 e. The smallest absolute Gasteiger partial charge is 0.251 e. The number of carbonyl (C=O) groups excluding carboxylic acids is 1. The van der Waals surface area contributed by atoms with Crippen LogP contribution >= 0.6 is 12.6 Å². The standard InChI is InChI=1S/C14H21NO2S/c1-14(2,7-8-17-3)10-15-13(16)11-5-4-6-12(18)9-11/h4-6,9,18H,7-8,10H2,1-3H3,(H,15,16). The molecule has 0 aliphatic rings. The van der Waals surface area contributed by atoms with Gasteiger partial charge in [0, 0.05) is 30.7 Å². The molecule has 0 fully saturated rings. The van der Waals surface area contributed by atoms with Crippen LogP contribution in [0.25, 0.3) is 0 Å². The van der Waals surface area contributed by atoms with Gasteiger partial charge < -0.3 is 10.1 Å². The second-order valence-corrected chi connectivity index (χ2v) is 5.66. The average Bonchev–Trinajstić information content (AvgIpc) is 2.34. The van der Waals surface area contributed by atoms with E-state index in [4.69, 9.17) is 4.74 Å². The molecule has 0 saturated carbocycles. The number of hydrogen-bond acceptors (Lipinski definition) is 3. The molecule has 1 rings (SSSR count). The van der Waals surface area contributed by atoms with E-state index in [0.717, 1.165) is 11.3 Å². The molecule has 3 nitrogen and oxygen atoms in total. The third-order valence-electron chi connectivity index (χ3n) is 2.82. The molecule has 0 spiro atoms. The number of amides is 1. The van der Waals surface area contributed by atoms with Crippen molar-refractivity contribution in [3.63, 3.8) is 0 Å². The Hall–Kier alpha value is -1.00. The van der Waals surface area contributed by atoms with Crippen LogP contribution in [0.5, 0.6) is 0 Å². The number of methoxy groups -OCH3 is 1. The average molecular weight is 267 g/mol. The summed E-state index contributed by atoms with van der Waals surface area (Å²) in [5.74, 6) is -0.0589. The molecule has 1 N–H and O–H groups in total. The predicted octanol–water partition coefficient (Wildman–Crippen LogP) is 2.77. The van der Waals surface area contributed by atoms with Crippen molar-refractivity contribution in [1.82, 2.24) is 5.32 Å². The summed E-state index contributed by atoms with van der Waals surface area (Å²) in [5.41, 5.74) is 0.676. The maximum absolute atomic E-state index is 11.9. The number of hydrogen-bond donors (Lipinski definition) is 2. The fourth-order valence-electron chi connectivity index (χ4n) is 1.54. The predicted molar refractivity (Wildman–Crippen MR) is 76.3 cm³/mol. The Kier molecular flexibility index (Phi) is 5.69. The largest absolute Gasteiger partial charge is 0.385 e. The van der Waals surface area contributed by atoms with E-state index < -0.39 is 0 Å². The molecule has 1 aromatic carbocycles. The molecule has 4 heteroatoms. The van der Waals surface area contributed by atoms with Gasteiger partial charge in [-0.25, -0.2) is 0 Å². The van der Waals surface area contributed by atoms with Crippen molar-refractivity contribution >= 4 is 18.5 Å². The quantitative estimate of drug-likeness (QED) is 0.778. The molecule has 0 heterocycles. The molecular weight excluding hydrogens is 246 g/mol. The Labute approximate surface area is 114 Å². The van der Waals surface area contributed by atoms with Crippen LogP contribution in [0.2, 0.25) is 0 Å². The summed E-state index contributed by atoms with van der Waals surface area (Å²) < 4.78 is 5.06. The minimum absolute atomic E-state index is 0.0320. The van der Waals surface area contributed by atoms with E-state index in [0.29, 0.717) is 18.7 Å². The lowest BCUT2D eigenvalue weighted by Crippen LogP contribution is -2.34. The monoisotopic (exact) mass is 267 g/mol. The molecule has 0 bridgehead atoms. The van der Waals surface area contributed by atoms with Gasteiger partial charge in [-0.05, 0) is 30.0 Å². The minimum atomic E-state index is -0.0589. The van der Waals surface area contributed by atoms with Crippen LogP contribution in [0, 0.1) is 5.41 Å². The molecule has 1 aromatic rings. The summed E-state index contributed by atoms with van der Waals surface area (Å²) in [6, 6.07) is 7.23. The zero-order valence-corrected chi connectivity index (χ0v) is 12.1. The number of ether oxygens (including phenoxy) is 1. The first kappa shape index (κ1) is 15.1. The van der Waals surface area contributed by atoms with Gasteiger partial charge in [-0.1, -0.05) is 19.9 Å². The zero-order valence-electron chi connectivity index (χ0n) is 11.2. The van der Waals surface area contributed by atoms with Crippen molar-refractivity contribution in [3.8, 4) is 0 Å². The molecule has 1 amide bonds. The van der Waals surface area contributed by atoms with E-state index in [1.165, 1.54) is 0 Å². The highest BCUT2D eigenvalue weighted by Gasteiger charge is 2.18. The molecule has 0 radical (unpaired) electrons. The number of thiol groups is 1. The number of benzene rings is 1. The number of carbonyl (C=O) groups is 1. The Bertz CT molecular complexity index is 405. The van der Waals surface area contributed by atoms with Crippen LogP contribution in [-0.2, 0) is 4.74 Å². The van der Waals surface area contributed by atoms with Crippen LogP contribution in [0.3, 0.4) is 0 Å². The molecule has 0 aliphatic heterocycles. The molecule has 0 atom stereocenters. The summed E-state index contributed by atoms with van der Waals surface area (Å²) in [7, 11) is 1.69. The summed E-state index contributed by atoms with van der Waals surface area (Å²) in [5, 5.41) is 2.95. The van der Waals surface area contributed by atoms with Crippen molar-refractivity contribution in [2.45, 2.75) is 25.2 Å². The van der Waals surface area contributed by atoms with Gasteiger partial charge in [-0.2, -0.15) is 0 Å². The SMILES string of the molecule is COCCC(C)(C)CNC(=O)c1cccc(S)c1. The molecule has 0 aromatic heterocycles. The molecule has 100 valence electrons. The van der Waals surface area contributed by atoms with Gasteiger partial charge in [0.25, 0.3) is 5.91 Å². The minimum Gasteiger partial charge on any atom is -0.385 e. The highest BCUT2D eigenvalue weighted by Crippen LogP contribution is 2.19. The van der Waals surface area contributed by atoms with Crippen LogP contribution in [-0.4, -0.2) is 26.2 Å². The van der Waals surface area contributed by atoms with E-state index in [1.807, 2.05) is 12.1 Å². The van der Waals surface area contributed by atoms with Crippen LogP contribution in [0.4, 0.5) is 0 Å². The van der Waals surface area contributed by atoms with E-state index >= 15 is 0 Å². The Balaban J connectivity index is 2.50. The van der Waals surface area contributed by atoms with Gasteiger partial charge >= 0.3 is 0 Å². The Morgan fingerprint density at radius 3 is 2.78 bits per heavy atom. The maximum atomic E-state index is 11.9. The van der Waals surface area contributed by atoms with Crippen LogP contribution in [0.15, 0.2) is 29.2 Å². The summed E-state index contributed by atoms with van der Waals surface area (Å²) in [4.78, 5) is 12.7. The van der Waals surface area contributed by atoms with Gasteiger partial charge in [0.1, 0.15) is 0 Å². The highest BCUT2D eigenvalue weighted by atomic mass is 32.1. The highest BCUT2D eigenvalue weighted by molar-refractivity contribution is 7.80. The lowest BCUT2D eigenvalue weighted by molar-refractivity contribution is 0.0920. The Morgan fingerprint density at radius 1 is 1.44 bits per heavy atom. The topological polar surface area (TPSA) is 38.3 Å². The van der Waals surface area contributed by atoms with Crippen molar-refractivity contribution in [1.29, 1.82) is 0 Å². The molecule has 18 heavy (non-hydrogen) atoms. The summed E-state index contributed by atoms with van der Waals surface area (Å²) in [6.07, 6.45) is 0.913. The lowest BCUT2D eigenvalue weighted by atomic mass is 9.89. The van der Waals surface area contributed by atoms with Crippen molar-refractivity contribution < 1.29 is 9.53 Å². The zero-order chi connectivity index (χ0) is 13.6. The van der Waals surface area contributed by atoms with Gasteiger partial charge in [0.2, 0.25) is 0 Å². The van der Waals surface area contributed by atoms with Crippen LogP contribution in [0.1, 0.15) is 30.6 Å². The van der Waals surface area contributed by atoms with E-state index in [9.17, 15) is 4.79 Å². The molecule has 0 saturated heterocycles. The first-order valence-electron chi connectivity index (χ1n) is 6.01. The fourth-order valence-corrected chi connectivity index (χ4v) is 1.76. The van der Waals surface area contributed by atoms with Crippen molar-refractivity contribution in [3.05, 3.63) is 29.8 Å².